The van der Waals surface area contributed by atoms with Crippen molar-refractivity contribution < 1.29 is 9.21 Å². The average molecular weight is 245 g/mol. The van der Waals surface area contributed by atoms with Gasteiger partial charge in [0.2, 0.25) is 5.91 Å². The molecule has 1 heterocycles. The summed E-state index contributed by atoms with van der Waals surface area (Å²) in [6.07, 6.45) is 4.19. The minimum atomic E-state index is 0.0626. The first-order valence-electron chi connectivity index (χ1n) is 6.44. The third-order valence-corrected chi connectivity index (χ3v) is 3.01. The molecule has 0 fully saturated rings. The highest BCUT2D eigenvalue weighted by atomic mass is 16.3. The second kappa shape index (κ2) is 5.71. The van der Waals surface area contributed by atoms with Gasteiger partial charge in [0.15, 0.2) is 0 Å². The summed E-state index contributed by atoms with van der Waals surface area (Å²) >= 11 is 0. The normalized spacial score (nSPS) is 10.8. The van der Waals surface area contributed by atoms with E-state index in [9.17, 15) is 4.79 Å². The van der Waals surface area contributed by atoms with Crippen molar-refractivity contribution in [2.45, 2.75) is 33.1 Å². The molecule has 18 heavy (non-hydrogen) atoms. The van der Waals surface area contributed by atoms with Crippen LogP contribution in [0.1, 0.15) is 30.9 Å². The number of carbonyl (C=O) groups is 1. The van der Waals surface area contributed by atoms with Crippen LogP contribution < -0.4 is 5.32 Å². The molecule has 0 aliphatic rings. The summed E-state index contributed by atoms with van der Waals surface area (Å²) in [6.45, 7) is 4.90. The molecular weight excluding hydrogens is 226 g/mol. The quantitative estimate of drug-likeness (QED) is 0.822. The SMILES string of the molecule is CCCCNC(=O)Cc1coc2ccc(C)cc12. The number of hydrogen-bond donors (Lipinski definition) is 1. The third kappa shape index (κ3) is 2.92. The van der Waals surface area contributed by atoms with E-state index in [-0.39, 0.29) is 5.91 Å². The molecule has 0 aliphatic carbocycles. The van der Waals surface area contributed by atoms with Crippen LogP contribution in [0.2, 0.25) is 0 Å². The molecule has 1 amide bonds. The molecule has 2 rings (SSSR count). The summed E-state index contributed by atoms with van der Waals surface area (Å²) < 4.78 is 5.45. The number of carbonyl (C=O) groups excluding carboxylic acids is 1. The number of benzene rings is 1. The lowest BCUT2D eigenvalue weighted by molar-refractivity contribution is -0.120. The first-order valence-corrected chi connectivity index (χ1v) is 6.44. The smallest absolute Gasteiger partial charge is 0.224 e. The van der Waals surface area contributed by atoms with Gasteiger partial charge in [-0.15, -0.1) is 0 Å². The first kappa shape index (κ1) is 12.7. The predicted molar refractivity (Wildman–Crippen MR) is 72.6 cm³/mol. The number of rotatable bonds is 5. The van der Waals surface area contributed by atoms with Crippen LogP contribution in [-0.4, -0.2) is 12.5 Å². The lowest BCUT2D eigenvalue weighted by Gasteiger charge is -2.03. The van der Waals surface area contributed by atoms with Crippen molar-refractivity contribution in [1.29, 1.82) is 0 Å². The van der Waals surface area contributed by atoms with Crippen molar-refractivity contribution in [2.75, 3.05) is 6.54 Å². The molecule has 0 unspecified atom stereocenters. The predicted octanol–water partition coefficient (Wildman–Crippen LogP) is 3.20. The maximum atomic E-state index is 11.8. The zero-order valence-electron chi connectivity index (χ0n) is 11.0. The molecule has 3 nitrogen and oxygen atoms in total. The lowest BCUT2D eigenvalue weighted by Crippen LogP contribution is -2.25. The van der Waals surface area contributed by atoms with Crippen molar-refractivity contribution in [2.24, 2.45) is 0 Å². The summed E-state index contributed by atoms with van der Waals surface area (Å²) in [5.41, 5.74) is 2.98. The van der Waals surface area contributed by atoms with E-state index in [0.29, 0.717) is 6.42 Å². The second-order valence-corrected chi connectivity index (χ2v) is 4.64. The number of unbranched alkanes of at least 4 members (excludes halogenated alkanes) is 1. The van der Waals surface area contributed by atoms with Crippen LogP contribution in [0.4, 0.5) is 0 Å². The van der Waals surface area contributed by atoms with E-state index < -0.39 is 0 Å². The second-order valence-electron chi connectivity index (χ2n) is 4.64. The molecule has 0 bridgehead atoms. The van der Waals surface area contributed by atoms with E-state index in [1.807, 2.05) is 19.1 Å². The average Bonchev–Trinajstić information content (AvgIpc) is 2.72. The summed E-state index contributed by atoms with van der Waals surface area (Å²) in [4.78, 5) is 11.8. The molecule has 0 radical (unpaired) electrons. The van der Waals surface area contributed by atoms with Crippen LogP contribution in [-0.2, 0) is 11.2 Å². The van der Waals surface area contributed by atoms with Crippen molar-refractivity contribution in [3.8, 4) is 0 Å². The third-order valence-electron chi connectivity index (χ3n) is 3.01. The van der Waals surface area contributed by atoms with E-state index in [0.717, 1.165) is 35.9 Å². The van der Waals surface area contributed by atoms with E-state index >= 15 is 0 Å². The summed E-state index contributed by atoms with van der Waals surface area (Å²) in [7, 11) is 0. The Hall–Kier alpha value is -1.77. The van der Waals surface area contributed by atoms with Gasteiger partial charge < -0.3 is 9.73 Å². The van der Waals surface area contributed by atoms with Gasteiger partial charge in [0.25, 0.3) is 0 Å². The number of furan rings is 1. The van der Waals surface area contributed by atoms with Gasteiger partial charge >= 0.3 is 0 Å². The monoisotopic (exact) mass is 245 g/mol. The van der Waals surface area contributed by atoms with E-state index in [4.69, 9.17) is 4.42 Å². The molecule has 0 saturated carbocycles. The summed E-state index contributed by atoms with van der Waals surface area (Å²) in [6, 6.07) is 6.02. The largest absolute Gasteiger partial charge is 0.464 e. The molecule has 0 spiro atoms. The van der Waals surface area contributed by atoms with Crippen molar-refractivity contribution in [3.05, 3.63) is 35.6 Å². The zero-order valence-corrected chi connectivity index (χ0v) is 11.0. The molecule has 1 aromatic carbocycles. The topological polar surface area (TPSA) is 42.2 Å². The van der Waals surface area contributed by atoms with Crippen LogP contribution in [0.25, 0.3) is 11.0 Å². The van der Waals surface area contributed by atoms with Crippen LogP contribution >= 0.6 is 0 Å². The maximum Gasteiger partial charge on any atom is 0.224 e. The molecule has 96 valence electrons. The summed E-state index contributed by atoms with van der Waals surface area (Å²) in [5, 5.41) is 3.96. The van der Waals surface area contributed by atoms with Crippen LogP contribution in [0.3, 0.4) is 0 Å². The fourth-order valence-corrected chi connectivity index (χ4v) is 1.97. The Morgan fingerprint density at radius 1 is 1.39 bits per heavy atom. The fraction of sp³-hybridized carbons (Fsp3) is 0.400. The minimum absolute atomic E-state index is 0.0626. The van der Waals surface area contributed by atoms with Gasteiger partial charge in [0.1, 0.15) is 5.58 Å². The molecule has 1 N–H and O–H groups in total. The Kier molecular flexibility index (Phi) is 4.03. The molecular formula is C15H19NO2. The van der Waals surface area contributed by atoms with Crippen molar-refractivity contribution in [1.82, 2.24) is 5.32 Å². The molecule has 3 heteroatoms. The number of fused-ring (bicyclic) bond motifs is 1. The minimum Gasteiger partial charge on any atom is -0.464 e. The van der Waals surface area contributed by atoms with E-state index in [2.05, 4.69) is 18.3 Å². The van der Waals surface area contributed by atoms with E-state index in [1.54, 1.807) is 6.26 Å². The Morgan fingerprint density at radius 3 is 3.00 bits per heavy atom. The first-order chi connectivity index (χ1) is 8.70. The van der Waals surface area contributed by atoms with Gasteiger partial charge in [-0.1, -0.05) is 25.0 Å². The molecule has 0 atom stereocenters. The van der Waals surface area contributed by atoms with Crippen LogP contribution in [0.5, 0.6) is 0 Å². The molecule has 0 aliphatic heterocycles. The van der Waals surface area contributed by atoms with Gasteiger partial charge in [-0.05, 0) is 25.5 Å². The van der Waals surface area contributed by atoms with Gasteiger partial charge in [-0.25, -0.2) is 0 Å². The zero-order chi connectivity index (χ0) is 13.0. The highest BCUT2D eigenvalue weighted by molar-refractivity contribution is 5.87. The highest BCUT2D eigenvalue weighted by Gasteiger charge is 2.09. The van der Waals surface area contributed by atoms with E-state index in [1.165, 1.54) is 5.56 Å². The molecule has 1 aromatic heterocycles. The van der Waals surface area contributed by atoms with Crippen molar-refractivity contribution in [3.63, 3.8) is 0 Å². The van der Waals surface area contributed by atoms with Gasteiger partial charge in [-0.3, -0.25) is 4.79 Å². The Morgan fingerprint density at radius 2 is 2.22 bits per heavy atom. The highest BCUT2D eigenvalue weighted by Crippen LogP contribution is 2.22. The lowest BCUT2D eigenvalue weighted by atomic mass is 10.1. The standard InChI is InChI=1S/C15H19NO2/c1-3-4-7-16-15(17)9-12-10-18-14-6-5-11(2)8-13(12)14/h5-6,8,10H,3-4,7,9H2,1-2H3,(H,16,17). The van der Waals surface area contributed by atoms with Gasteiger partial charge in [0.05, 0.1) is 12.7 Å². The Bertz CT molecular complexity index is 542. The van der Waals surface area contributed by atoms with Gasteiger partial charge in [0, 0.05) is 17.5 Å². The van der Waals surface area contributed by atoms with Crippen LogP contribution in [0.15, 0.2) is 28.9 Å². The number of hydrogen-bond acceptors (Lipinski definition) is 2. The van der Waals surface area contributed by atoms with Crippen LogP contribution in [0, 0.1) is 6.92 Å². The number of nitrogens with one attached hydrogen (secondary N) is 1. The Balaban J connectivity index is 2.07. The van der Waals surface area contributed by atoms with Gasteiger partial charge in [-0.2, -0.15) is 0 Å². The molecule has 2 aromatic rings. The summed E-state index contributed by atoms with van der Waals surface area (Å²) in [5.74, 6) is 0.0626. The number of amides is 1. The fourth-order valence-electron chi connectivity index (χ4n) is 1.97. The number of aryl methyl sites for hydroxylation is 1. The Labute approximate surface area is 107 Å². The maximum absolute atomic E-state index is 11.8. The molecule has 0 saturated heterocycles. The van der Waals surface area contributed by atoms with Crippen molar-refractivity contribution >= 4 is 16.9 Å².